The maximum absolute atomic E-state index is 12.9. The summed E-state index contributed by atoms with van der Waals surface area (Å²) in [5.41, 5.74) is 2.80. The van der Waals surface area contributed by atoms with Gasteiger partial charge in [-0.05, 0) is 36.8 Å². The molecule has 0 saturated carbocycles. The monoisotopic (exact) mass is 270 g/mol. The molecule has 5 heteroatoms. The van der Waals surface area contributed by atoms with Crippen molar-refractivity contribution in [3.63, 3.8) is 0 Å². The highest BCUT2D eigenvalue weighted by molar-refractivity contribution is 5.81. The first-order valence-corrected chi connectivity index (χ1v) is 6.57. The van der Waals surface area contributed by atoms with Crippen LogP contribution in [0.4, 0.5) is 10.1 Å². The molecule has 1 aromatic carbocycles. The molecule has 1 unspecified atom stereocenters. The van der Waals surface area contributed by atoms with Gasteiger partial charge in [-0.25, -0.2) is 4.39 Å². The average molecular weight is 270 g/mol. The Hall–Kier alpha value is -2.43. The molecule has 1 atom stereocenters. The van der Waals surface area contributed by atoms with Crippen LogP contribution in [0.15, 0.2) is 42.7 Å². The third-order valence-electron chi connectivity index (χ3n) is 3.30. The summed E-state index contributed by atoms with van der Waals surface area (Å²) in [6, 6.07) is 9.22. The minimum absolute atomic E-state index is 0.0518. The lowest BCUT2D eigenvalue weighted by molar-refractivity contribution is 0.614. The Labute approximate surface area is 116 Å². The molecule has 2 N–H and O–H groups in total. The van der Waals surface area contributed by atoms with Gasteiger partial charge in [0.1, 0.15) is 5.82 Å². The fraction of sp³-hybridized carbons (Fsp3) is 0.200. The Morgan fingerprint density at radius 1 is 1.25 bits per heavy atom. The van der Waals surface area contributed by atoms with Crippen LogP contribution in [0.5, 0.6) is 0 Å². The van der Waals surface area contributed by atoms with Gasteiger partial charge < -0.3 is 5.32 Å². The normalized spacial score (nSPS) is 12.5. The highest BCUT2D eigenvalue weighted by Crippen LogP contribution is 2.23. The summed E-state index contributed by atoms with van der Waals surface area (Å²) in [5.74, 6) is -0.317. The van der Waals surface area contributed by atoms with Crippen LogP contribution < -0.4 is 5.32 Å². The van der Waals surface area contributed by atoms with Gasteiger partial charge in [0, 0.05) is 11.1 Å². The van der Waals surface area contributed by atoms with Crippen molar-refractivity contribution in [1.29, 1.82) is 0 Å². The number of aromatic nitrogens is 3. The van der Waals surface area contributed by atoms with Crippen molar-refractivity contribution in [2.75, 3.05) is 5.32 Å². The first kappa shape index (κ1) is 12.6. The molecule has 0 aliphatic carbocycles. The summed E-state index contributed by atoms with van der Waals surface area (Å²) < 4.78 is 12.9. The maximum Gasteiger partial charge on any atom is 0.141 e. The van der Waals surface area contributed by atoms with E-state index in [1.165, 1.54) is 12.3 Å². The van der Waals surface area contributed by atoms with Crippen molar-refractivity contribution < 1.29 is 4.39 Å². The fourth-order valence-corrected chi connectivity index (χ4v) is 2.21. The van der Waals surface area contributed by atoms with E-state index in [1.807, 2.05) is 18.2 Å². The zero-order valence-corrected chi connectivity index (χ0v) is 11.1. The van der Waals surface area contributed by atoms with E-state index in [1.54, 1.807) is 12.3 Å². The van der Waals surface area contributed by atoms with Crippen molar-refractivity contribution in [3.8, 4) is 0 Å². The SMILES string of the molecule is CCC(Nc1ccc2cn[nH]c2c1)c1ccc(F)cn1. The first-order chi connectivity index (χ1) is 9.76. The van der Waals surface area contributed by atoms with Crippen LogP contribution in [-0.2, 0) is 0 Å². The van der Waals surface area contributed by atoms with E-state index in [-0.39, 0.29) is 11.9 Å². The lowest BCUT2D eigenvalue weighted by Gasteiger charge is -2.17. The topological polar surface area (TPSA) is 53.6 Å². The quantitative estimate of drug-likeness (QED) is 0.760. The number of benzene rings is 1. The van der Waals surface area contributed by atoms with Gasteiger partial charge in [0.05, 0.1) is 29.6 Å². The van der Waals surface area contributed by atoms with E-state index < -0.39 is 0 Å². The van der Waals surface area contributed by atoms with Crippen molar-refractivity contribution >= 4 is 16.6 Å². The average Bonchev–Trinajstić information content (AvgIpc) is 2.93. The molecule has 0 saturated heterocycles. The third kappa shape index (κ3) is 2.47. The van der Waals surface area contributed by atoms with Crippen LogP contribution in [0.25, 0.3) is 10.9 Å². The Balaban J connectivity index is 1.84. The minimum Gasteiger partial charge on any atom is -0.377 e. The molecule has 0 fully saturated rings. The van der Waals surface area contributed by atoms with Crippen LogP contribution in [0, 0.1) is 5.82 Å². The van der Waals surface area contributed by atoms with Crippen LogP contribution in [0.3, 0.4) is 0 Å². The summed E-state index contributed by atoms with van der Waals surface area (Å²) in [7, 11) is 0. The van der Waals surface area contributed by atoms with Crippen LogP contribution in [-0.4, -0.2) is 15.2 Å². The summed E-state index contributed by atoms with van der Waals surface area (Å²) in [6.07, 6.45) is 3.90. The van der Waals surface area contributed by atoms with Gasteiger partial charge >= 0.3 is 0 Å². The van der Waals surface area contributed by atoms with Gasteiger partial charge in [0.2, 0.25) is 0 Å². The van der Waals surface area contributed by atoms with Crippen LogP contribution >= 0.6 is 0 Å². The number of pyridine rings is 1. The second kappa shape index (κ2) is 5.28. The molecule has 102 valence electrons. The number of hydrogen-bond acceptors (Lipinski definition) is 3. The number of fused-ring (bicyclic) bond motifs is 1. The van der Waals surface area contributed by atoms with Crippen molar-refractivity contribution in [1.82, 2.24) is 15.2 Å². The lowest BCUT2D eigenvalue weighted by atomic mass is 10.1. The fourth-order valence-electron chi connectivity index (χ4n) is 2.21. The number of hydrogen-bond donors (Lipinski definition) is 2. The van der Waals surface area contributed by atoms with Gasteiger partial charge in [-0.1, -0.05) is 6.92 Å². The first-order valence-electron chi connectivity index (χ1n) is 6.57. The minimum atomic E-state index is -0.317. The number of halogens is 1. The molecule has 2 heterocycles. The predicted molar refractivity (Wildman–Crippen MR) is 76.9 cm³/mol. The zero-order valence-electron chi connectivity index (χ0n) is 11.1. The summed E-state index contributed by atoms with van der Waals surface area (Å²) in [4.78, 5) is 4.14. The highest BCUT2D eigenvalue weighted by Gasteiger charge is 2.11. The Kier molecular flexibility index (Phi) is 3.33. The van der Waals surface area contributed by atoms with E-state index in [4.69, 9.17) is 0 Å². The molecule has 0 radical (unpaired) electrons. The molecule has 20 heavy (non-hydrogen) atoms. The largest absolute Gasteiger partial charge is 0.377 e. The molecular weight excluding hydrogens is 255 g/mol. The molecule has 0 bridgehead atoms. The molecular formula is C15H15FN4. The smallest absolute Gasteiger partial charge is 0.141 e. The number of nitrogens with zero attached hydrogens (tertiary/aromatic N) is 2. The Bertz CT molecular complexity index is 705. The predicted octanol–water partition coefficient (Wildman–Crippen LogP) is 3.66. The molecule has 0 spiro atoms. The van der Waals surface area contributed by atoms with Crippen molar-refractivity contribution in [3.05, 3.63) is 54.2 Å². The number of anilines is 1. The molecule has 0 aliphatic rings. The molecule has 2 aromatic heterocycles. The molecule has 3 rings (SSSR count). The van der Waals surface area contributed by atoms with Gasteiger partial charge in [-0.15, -0.1) is 0 Å². The summed E-state index contributed by atoms with van der Waals surface area (Å²) in [6.45, 7) is 2.07. The summed E-state index contributed by atoms with van der Waals surface area (Å²) >= 11 is 0. The number of aromatic amines is 1. The Morgan fingerprint density at radius 2 is 2.15 bits per heavy atom. The van der Waals surface area contributed by atoms with Gasteiger partial charge in [0.15, 0.2) is 0 Å². The maximum atomic E-state index is 12.9. The van der Waals surface area contributed by atoms with Gasteiger partial charge in [-0.3, -0.25) is 10.1 Å². The number of rotatable bonds is 4. The Morgan fingerprint density at radius 3 is 2.90 bits per heavy atom. The van der Waals surface area contributed by atoms with E-state index in [9.17, 15) is 4.39 Å². The molecule has 0 aliphatic heterocycles. The second-order valence-electron chi connectivity index (χ2n) is 4.68. The van der Waals surface area contributed by atoms with E-state index >= 15 is 0 Å². The van der Waals surface area contributed by atoms with Gasteiger partial charge in [0.25, 0.3) is 0 Å². The summed E-state index contributed by atoms with van der Waals surface area (Å²) in [5, 5.41) is 11.4. The molecule has 3 aromatic rings. The lowest BCUT2D eigenvalue weighted by Crippen LogP contribution is -2.11. The number of nitrogens with one attached hydrogen (secondary N) is 2. The standard InChI is InChI=1S/C15H15FN4/c1-2-13(14-6-4-11(16)9-17-14)19-12-5-3-10-8-18-20-15(10)7-12/h3-9,13,19H,2H2,1H3,(H,18,20). The van der Waals surface area contributed by atoms with Crippen molar-refractivity contribution in [2.45, 2.75) is 19.4 Å². The molecule has 4 nitrogen and oxygen atoms in total. The molecule has 0 amide bonds. The zero-order chi connectivity index (χ0) is 13.9. The van der Waals surface area contributed by atoms with Gasteiger partial charge in [-0.2, -0.15) is 5.10 Å². The van der Waals surface area contributed by atoms with Crippen LogP contribution in [0.1, 0.15) is 25.1 Å². The third-order valence-corrected chi connectivity index (χ3v) is 3.30. The highest BCUT2D eigenvalue weighted by atomic mass is 19.1. The van der Waals surface area contributed by atoms with E-state index in [2.05, 4.69) is 27.4 Å². The van der Waals surface area contributed by atoms with E-state index in [0.29, 0.717) is 0 Å². The van der Waals surface area contributed by atoms with Crippen molar-refractivity contribution in [2.24, 2.45) is 0 Å². The van der Waals surface area contributed by atoms with Crippen LogP contribution in [0.2, 0.25) is 0 Å². The van der Waals surface area contributed by atoms with E-state index in [0.717, 1.165) is 28.7 Å². The number of H-pyrrole nitrogens is 1. The second-order valence-corrected chi connectivity index (χ2v) is 4.68.